The highest BCUT2D eigenvalue weighted by Gasteiger charge is 2.54. The van der Waals surface area contributed by atoms with Crippen LogP contribution in [0.2, 0.25) is 0 Å². The summed E-state index contributed by atoms with van der Waals surface area (Å²) in [6.07, 6.45) is 4.94. The van der Waals surface area contributed by atoms with Crippen LogP contribution in [0.4, 0.5) is 0 Å². The highest BCUT2D eigenvalue weighted by Crippen LogP contribution is 2.51. The minimum Gasteiger partial charge on any atom is -0.343 e. The number of aliphatic imine (C=N–C) groups is 1. The van der Waals surface area contributed by atoms with Crippen molar-refractivity contribution in [1.29, 1.82) is 0 Å². The number of hydrogen-bond acceptors (Lipinski definition) is 4. The standard InChI is InChI=1S/C17H26N2O3S2/c1-17(2,3)15(20)18-16-19(12-7-10-4-5-11(12)6-10)13-8-24(21,22)9-14(13)23-16/h10-14H,4-9H2,1-3H3/t10-,11-,12-,13-,14+/m1/s1. The first-order valence-electron chi connectivity index (χ1n) is 8.92. The van der Waals surface area contributed by atoms with Crippen molar-refractivity contribution in [1.82, 2.24) is 4.90 Å². The molecular formula is C17H26N2O3S2. The number of rotatable bonds is 1. The van der Waals surface area contributed by atoms with Gasteiger partial charge in [-0.2, -0.15) is 4.99 Å². The van der Waals surface area contributed by atoms with Gasteiger partial charge in [-0.25, -0.2) is 8.42 Å². The Morgan fingerprint density at radius 2 is 1.92 bits per heavy atom. The summed E-state index contributed by atoms with van der Waals surface area (Å²) in [4.78, 5) is 19.2. The van der Waals surface area contributed by atoms with Gasteiger partial charge < -0.3 is 4.90 Å². The summed E-state index contributed by atoms with van der Waals surface area (Å²) in [5.41, 5.74) is -0.502. The summed E-state index contributed by atoms with van der Waals surface area (Å²) >= 11 is 1.53. The van der Waals surface area contributed by atoms with Gasteiger partial charge in [-0.15, -0.1) is 0 Å². The summed E-state index contributed by atoms with van der Waals surface area (Å²) in [5.74, 6) is 1.76. The number of amides is 1. The lowest BCUT2D eigenvalue weighted by Crippen LogP contribution is -2.47. The second kappa shape index (κ2) is 5.47. The maximum Gasteiger partial charge on any atom is 0.253 e. The molecule has 0 aromatic rings. The van der Waals surface area contributed by atoms with Gasteiger partial charge in [0, 0.05) is 16.7 Å². The van der Waals surface area contributed by atoms with Crippen LogP contribution in [0.3, 0.4) is 0 Å². The summed E-state index contributed by atoms with van der Waals surface area (Å²) in [7, 11) is -2.96. The van der Waals surface area contributed by atoms with E-state index in [0.29, 0.717) is 12.0 Å². The fourth-order valence-corrected chi connectivity index (χ4v) is 8.76. The van der Waals surface area contributed by atoms with E-state index in [1.165, 1.54) is 31.0 Å². The number of fused-ring (bicyclic) bond motifs is 3. The number of amidine groups is 1. The topological polar surface area (TPSA) is 66.8 Å². The molecule has 5 atom stereocenters. The predicted molar refractivity (Wildman–Crippen MR) is 96.8 cm³/mol. The summed E-state index contributed by atoms with van der Waals surface area (Å²) in [6, 6.07) is 0.391. The minimum absolute atomic E-state index is 0.0101. The van der Waals surface area contributed by atoms with Crippen molar-refractivity contribution in [2.24, 2.45) is 22.2 Å². The van der Waals surface area contributed by atoms with Crippen LogP contribution in [0, 0.1) is 17.3 Å². The Morgan fingerprint density at radius 1 is 1.17 bits per heavy atom. The van der Waals surface area contributed by atoms with Gasteiger partial charge in [0.05, 0.1) is 17.5 Å². The van der Waals surface area contributed by atoms with Crippen LogP contribution in [0.25, 0.3) is 0 Å². The minimum atomic E-state index is -2.96. The van der Waals surface area contributed by atoms with E-state index < -0.39 is 15.3 Å². The quantitative estimate of drug-likeness (QED) is 0.709. The van der Waals surface area contributed by atoms with Crippen molar-refractivity contribution in [3.63, 3.8) is 0 Å². The third-order valence-corrected chi connectivity index (χ3v) is 9.23. The number of thioether (sulfide) groups is 1. The van der Waals surface area contributed by atoms with Crippen molar-refractivity contribution < 1.29 is 13.2 Å². The molecule has 2 bridgehead atoms. The first kappa shape index (κ1) is 16.9. The van der Waals surface area contributed by atoms with Crippen LogP contribution < -0.4 is 0 Å². The average Bonchev–Trinajstić information content (AvgIpc) is 3.16. The molecule has 134 valence electrons. The molecule has 0 radical (unpaired) electrons. The molecule has 5 nitrogen and oxygen atoms in total. The Kier molecular flexibility index (Phi) is 3.85. The summed E-state index contributed by atoms with van der Waals surface area (Å²) in [6.45, 7) is 5.64. The van der Waals surface area contributed by atoms with Gasteiger partial charge >= 0.3 is 0 Å². The van der Waals surface area contributed by atoms with E-state index in [-0.39, 0.29) is 28.7 Å². The zero-order valence-electron chi connectivity index (χ0n) is 14.6. The fourth-order valence-electron chi connectivity index (χ4n) is 4.79. The van der Waals surface area contributed by atoms with E-state index in [1.54, 1.807) is 0 Å². The van der Waals surface area contributed by atoms with Crippen LogP contribution in [-0.2, 0) is 14.6 Å². The molecule has 24 heavy (non-hydrogen) atoms. The lowest BCUT2D eigenvalue weighted by molar-refractivity contribution is -0.124. The largest absolute Gasteiger partial charge is 0.343 e. The van der Waals surface area contributed by atoms with Gasteiger partial charge in [0.15, 0.2) is 15.0 Å². The fraction of sp³-hybridized carbons (Fsp3) is 0.882. The van der Waals surface area contributed by atoms with Crippen LogP contribution in [0.1, 0.15) is 46.5 Å². The van der Waals surface area contributed by atoms with Gasteiger partial charge in [-0.05, 0) is 31.1 Å². The smallest absolute Gasteiger partial charge is 0.253 e. The van der Waals surface area contributed by atoms with E-state index in [1.807, 2.05) is 20.8 Å². The van der Waals surface area contributed by atoms with Gasteiger partial charge in [0.1, 0.15) is 0 Å². The monoisotopic (exact) mass is 370 g/mol. The molecule has 0 N–H and O–H groups in total. The Hall–Kier alpha value is -0.560. The van der Waals surface area contributed by atoms with E-state index in [9.17, 15) is 13.2 Å². The molecule has 2 saturated carbocycles. The molecule has 0 aromatic carbocycles. The number of hydrogen-bond donors (Lipinski definition) is 0. The zero-order chi connectivity index (χ0) is 17.3. The summed E-state index contributed by atoms with van der Waals surface area (Å²) in [5, 5.41) is 0.831. The Balaban J connectivity index is 1.66. The van der Waals surface area contributed by atoms with E-state index in [4.69, 9.17) is 0 Å². The molecule has 2 saturated heterocycles. The Morgan fingerprint density at radius 3 is 2.50 bits per heavy atom. The molecule has 1 amide bonds. The van der Waals surface area contributed by atoms with Crippen molar-refractivity contribution in [3.8, 4) is 0 Å². The lowest BCUT2D eigenvalue weighted by Gasteiger charge is -2.36. The third-order valence-electron chi connectivity index (χ3n) is 6.00. The van der Waals surface area contributed by atoms with Crippen LogP contribution in [-0.4, -0.2) is 53.2 Å². The van der Waals surface area contributed by atoms with Crippen molar-refractivity contribution in [3.05, 3.63) is 0 Å². The molecular weight excluding hydrogens is 344 g/mol. The Bertz CT molecular complexity index is 695. The number of carbonyl (C=O) groups excluding carboxylic acids is 1. The molecule has 2 aliphatic heterocycles. The molecule has 0 aromatic heterocycles. The average molecular weight is 371 g/mol. The number of nitrogens with zero attached hydrogens (tertiary/aromatic N) is 2. The SMILES string of the molecule is CC(C)(C)C(=O)N=C1S[C@H]2CS(=O)(=O)C[C@H]2N1[C@@H]1C[C@@H]2CC[C@@H]1C2. The molecule has 7 heteroatoms. The Labute approximate surface area is 148 Å². The molecule has 0 unspecified atom stereocenters. The van der Waals surface area contributed by atoms with Crippen molar-refractivity contribution in [2.45, 2.75) is 63.8 Å². The summed E-state index contributed by atoms with van der Waals surface area (Å²) < 4.78 is 24.2. The predicted octanol–water partition coefficient (Wildman–Crippen LogP) is 2.32. The zero-order valence-corrected chi connectivity index (χ0v) is 16.2. The van der Waals surface area contributed by atoms with E-state index in [2.05, 4.69) is 9.89 Å². The second-order valence-electron chi connectivity index (χ2n) is 8.90. The molecule has 2 heterocycles. The third kappa shape index (κ3) is 2.81. The maximum absolute atomic E-state index is 12.4. The normalized spacial score (nSPS) is 42.0. The highest BCUT2D eigenvalue weighted by atomic mass is 32.2. The van der Waals surface area contributed by atoms with Crippen LogP contribution >= 0.6 is 11.8 Å². The molecule has 4 aliphatic rings. The van der Waals surface area contributed by atoms with Crippen molar-refractivity contribution >= 4 is 32.7 Å². The van der Waals surface area contributed by atoms with Gasteiger partial charge in [0.25, 0.3) is 5.91 Å². The lowest BCUT2D eigenvalue weighted by atomic mass is 9.93. The second-order valence-corrected chi connectivity index (χ2v) is 12.3. The first-order valence-corrected chi connectivity index (χ1v) is 11.6. The molecule has 4 fully saturated rings. The van der Waals surface area contributed by atoms with E-state index >= 15 is 0 Å². The molecule has 4 rings (SSSR count). The first-order chi connectivity index (χ1) is 11.1. The molecule has 2 aliphatic carbocycles. The number of sulfone groups is 1. The maximum atomic E-state index is 12.4. The van der Waals surface area contributed by atoms with Crippen LogP contribution in [0.15, 0.2) is 4.99 Å². The van der Waals surface area contributed by atoms with Crippen LogP contribution in [0.5, 0.6) is 0 Å². The van der Waals surface area contributed by atoms with Gasteiger partial charge in [0.2, 0.25) is 0 Å². The van der Waals surface area contributed by atoms with Gasteiger partial charge in [-0.1, -0.05) is 39.0 Å². The van der Waals surface area contributed by atoms with E-state index in [0.717, 1.165) is 17.5 Å². The number of carbonyl (C=O) groups is 1. The van der Waals surface area contributed by atoms with Gasteiger partial charge in [-0.3, -0.25) is 4.79 Å². The van der Waals surface area contributed by atoms with Crippen molar-refractivity contribution in [2.75, 3.05) is 11.5 Å². The molecule has 0 spiro atoms. The highest BCUT2D eigenvalue weighted by molar-refractivity contribution is 8.15.